The van der Waals surface area contributed by atoms with Gasteiger partial charge in [0.15, 0.2) is 0 Å². The van der Waals surface area contributed by atoms with Gasteiger partial charge in [0.1, 0.15) is 0 Å². The van der Waals surface area contributed by atoms with Crippen molar-refractivity contribution in [2.24, 2.45) is 0 Å². The van der Waals surface area contributed by atoms with E-state index in [9.17, 15) is 15.0 Å². The van der Waals surface area contributed by atoms with Gasteiger partial charge in [0.2, 0.25) is 0 Å². The van der Waals surface area contributed by atoms with Crippen LogP contribution in [0.15, 0.2) is 22.7 Å². The number of rotatable bonds is 4. The van der Waals surface area contributed by atoms with E-state index < -0.39 is 5.54 Å². The van der Waals surface area contributed by atoms with E-state index in [4.69, 9.17) is 0 Å². The maximum absolute atomic E-state index is 12.3. The molecule has 0 unspecified atom stereocenters. The first-order valence-corrected chi connectivity index (χ1v) is 6.66. The van der Waals surface area contributed by atoms with Crippen molar-refractivity contribution in [3.63, 3.8) is 0 Å². The van der Waals surface area contributed by atoms with Gasteiger partial charge in [-0.2, -0.15) is 0 Å². The molecule has 1 aliphatic heterocycles. The number of carbonyl (C=O) groups excluding carboxylic acids is 1. The molecule has 0 fully saturated rings. The second kappa shape index (κ2) is 4.99. The molecule has 18 heavy (non-hydrogen) atoms. The van der Waals surface area contributed by atoms with Gasteiger partial charge in [0.25, 0.3) is 5.91 Å². The number of nitrogens with zero attached hydrogens (tertiary/aromatic N) is 1. The molecule has 1 aromatic rings. The predicted octanol–water partition coefficient (Wildman–Crippen LogP) is 1.49. The first kappa shape index (κ1) is 13.5. The third-order valence-electron chi connectivity index (χ3n) is 3.71. The summed E-state index contributed by atoms with van der Waals surface area (Å²) in [5.74, 6) is -0.0619. The lowest BCUT2D eigenvalue weighted by molar-refractivity contribution is 0.0475. The topological polar surface area (TPSA) is 60.8 Å². The molecule has 1 aromatic carbocycles. The Morgan fingerprint density at radius 1 is 1.28 bits per heavy atom. The quantitative estimate of drug-likeness (QED) is 0.885. The summed E-state index contributed by atoms with van der Waals surface area (Å²) < 4.78 is 0.854. The van der Waals surface area contributed by atoms with E-state index in [1.807, 2.05) is 12.1 Å². The van der Waals surface area contributed by atoms with Crippen LogP contribution in [0.2, 0.25) is 0 Å². The zero-order valence-electron chi connectivity index (χ0n) is 10.2. The lowest BCUT2D eigenvalue weighted by Crippen LogP contribution is -2.42. The molecular formula is C13H16BrNO3. The van der Waals surface area contributed by atoms with Crippen LogP contribution in [0.5, 0.6) is 0 Å². The molecule has 5 heteroatoms. The molecule has 1 amide bonds. The van der Waals surface area contributed by atoms with Gasteiger partial charge < -0.3 is 15.1 Å². The van der Waals surface area contributed by atoms with Gasteiger partial charge in [0, 0.05) is 30.3 Å². The van der Waals surface area contributed by atoms with Crippen molar-refractivity contribution in [2.75, 3.05) is 20.3 Å². The highest BCUT2D eigenvalue weighted by molar-refractivity contribution is 9.10. The fourth-order valence-corrected chi connectivity index (χ4v) is 3.12. The van der Waals surface area contributed by atoms with Crippen LogP contribution in [0, 0.1) is 0 Å². The van der Waals surface area contributed by atoms with Crippen LogP contribution in [0.25, 0.3) is 0 Å². The van der Waals surface area contributed by atoms with E-state index in [1.54, 1.807) is 18.0 Å². The Balaban J connectivity index is 2.58. The van der Waals surface area contributed by atoms with Gasteiger partial charge in [0.05, 0.1) is 5.54 Å². The Kier molecular flexibility index (Phi) is 3.75. The van der Waals surface area contributed by atoms with Crippen molar-refractivity contribution >= 4 is 21.8 Å². The number of hydrogen-bond donors (Lipinski definition) is 2. The molecule has 0 radical (unpaired) electrons. The van der Waals surface area contributed by atoms with Crippen molar-refractivity contribution in [1.82, 2.24) is 4.90 Å². The molecule has 98 valence electrons. The molecule has 0 saturated carbocycles. The molecule has 0 aromatic heterocycles. The van der Waals surface area contributed by atoms with Gasteiger partial charge in [-0.05, 0) is 30.5 Å². The molecule has 0 bridgehead atoms. The van der Waals surface area contributed by atoms with Crippen LogP contribution in [-0.4, -0.2) is 41.3 Å². The maximum Gasteiger partial charge on any atom is 0.254 e. The van der Waals surface area contributed by atoms with E-state index in [-0.39, 0.29) is 19.1 Å². The molecule has 2 rings (SSSR count). The summed E-state index contributed by atoms with van der Waals surface area (Å²) in [5.41, 5.74) is 0.950. The van der Waals surface area contributed by atoms with Gasteiger partial charge in [-0.3, -0.25) is 4.79 Å². The Morgan fingerprint density at radius 2 is 1.89 bits per heavy atom. The van der Waals surface area contributed by atoms with Crippen molar-refractivity contribution in [1.29, 1.82) is 0 Å². The Morgan fingerprint density at radius 3 is 2.44 bits per heavy atom. The summed E-state index contributed by atoms with van der Waals surface area (Å²) in [6.07, 6.45) is 0.870. The van der Waals surface area contributed by atoms with Gasteiger partial charge in [-0.15, -0.1) is 0 Å². The first-order valence-electron chi connectivity index (χ1n) is 5.87. The van der Waals surface area contributed by atoms with Crippen LogP contribution >= 0.6 is 15.9 Å². The molecule has 1 aliphatic rings. The van der Waals surface area contributed by atoms with E-state index in [1.165, 1.54) is 0 Å². The van der Waals surface area contributed by atoms with Gasteiger partial charge in [-0.25, -0.2) is 0 Å². The predicted molar refractivity (Wildman–Crippen MR) is 71.3 cm³/mol. The average molecular weight is 314 g/mol. The lowest BCUT2D eigenvalue weighted by atomic mass is 9.84. The molecule has 0 aliphatic carbocycles. The normalized spacial score (nSPS) is 17.1. The van der Waals surface area contributed by atoms with Crippen LogP contribution in [0.3, 0.4) is 0 Å². The summed E-state index contributed by atoms with van der Waals surface area (Å²) >= 11 is 3.36. The van der Waals surface area contributed by atoms with Crippen LogP contribution in [0.1, 0.15) is 28.8 Å². The van der Waals surface area contributed by atoms with Crippen LogP contribution in [-0.2, 0) is 5.54 Å². The number of amides is 1. The van der Waals surface area contributed by atoms with Crippen LogP contribution < -0.4 is 0 Å². The number of aliphatic hydroxyl groups excluding tert-OH is 2. The molecule has 4 nitrogen and oxygen atoms in total. The third kappa shape index (κ3) is 1.86. The van der Waals surface area contributed by atoms with Gasteiger partial charge >= 0.3 is 0 Å². The Labute approximate surface area is 114 Å². The molecule has 0 spiro atoms. The Bertz CT molecular complexity index is 469. The first-order chi connectivity index (χ1) is 8.56. The summed E-state index contributed by atoms with van der Waals surface area (Å²) in [6.45, 7) is -0.0414. The maximum atomic E-state index is 12.3. The second-order valence-corrected chi connectivity index (χ2v) is 5.45. The smallest absolute Gasteiger partial charge is 0.254 e. The second-order valence-electron chi connectivity index (χ2n) is 4.53. The molecule has 0 saturated heterocycles. The van der Waals surface area contributed by atoms with E-state index >= 15 is 0 Å². The van der Waals surface area contributed by atoms with Crippen molar-refractivity contribution in [3.8, 4) is 0 Å². The zero-order valence-corrected chi connectivity index (χ0v) is 11.8. The fourth-order valence-electron chi connectivity index (χ4n) is 2.75. The van der Waals surface area contributed by atoms with Crippen molar-refractivity contribution in [2.45, 2.75) is 18.4 Å². The number of carbonyl (C=O) groups is 1. The zero-order chi connectivity index (χ0) is 13.3. The minimum atomic E-state index is -0.587. The summed E-state index contributed by atoms with van der Waals surface area (Å²) in [4.78, 5) is 13.9. The average Bonchev–Trinajstić information content (AvgIpc) is 2.53. The van der Waals surface area contributed by atoms with E-state index in [2.05, 4.69) is 15.9 Å². The number of benzene rings is 1. The van der Waals surface area contributed by atoms with Crippen molar-refractivity contribution < 1.29 is 15.0 Å². The monoisotopic (exact) mass is 313 g/mol. The highest BCUT2D eigenvalue weighted by Gasteiger charge is 2.46. The third-order valence-corrected chi connectivity index (χ3v) is 4.20. The fraction of sp³-hybridized carbons (Fsp3) is 0.462. The number of aliphatic hydroxyl groups is 2. The number of fused-ring (bicyclic) bond motifs is 1. The lowest BCUT2D eigenvalue weighted by Gasteiger charge is -2.36. The molecule has 1 heterocycles. The number of halogens is 1. The minimum absolute atomic E-state index is 0.0207. The molecule has 0 atom stereocenters. The summed E-state index contributed by atoms with van der Waals surface area (Å²) in [5, 5.41) is 18.5. The van der Waals surface area contributed by atoms with Crippen LogP contribution in [0.4, 0.5) is 0 Å². The molecular weight excluding hydrogens is 298 g/mol. The SMILES string of the molecule is CN1C(=O)c2cc(Br)ccc2C1(CCO)CCO. The number of hydrogen-bond acceptors (Lipinski definition) is 3. The van der Waals surface area contributed by atoms with E-state index in [0.29, 0.717) is 18.4 Å². The van der Waals surface area contributed by atoms with Crippen molar-refractivity contribution in [3.05, 3.63) is 33.8 Å². The molecule has 2 N–H and O–H groups in total. The highest BCUT2D eigenvalue weighted by atomic mass is 79.9. The highest BCUT2D eigenvalue weighted by Crippen LogP contribution is 2.43. The van der Waals surface area contributed by atoms with E-state index in [0.717, 1.165) is 10.0 Å². The Hall–Kier alpha value is -0.910. The largest absolute Gasteiger partial charge is 0.396 e. The summed E-state index contributed by atoms with van der Waals surface area (Å²) in [7, 11) is 1.72. The minimum Gasteiger partial charge on any atom is -0.396 e. The standard InChI is InChI=1S/C13H16BrNO3/c1-15-12(18)10-8-9(14)2-3-11(10)13(15,4-6-16)5-7-17/h2-3,8,16-17H,4-7H2,1H3. The van der Waals surface area contributed by atoms with Gasteiger partial charge in [-0.1, -0.05) is 22.0 Å². The summed E-state index contributed by atoms with van der Waals surface area (Å²) in [6, 6.07) is 5.57.